The van der Waals surface area contributed by atoms with Crippen LogP contribution in [-0.2, 0) is 6.42 Å². The summed E-state index contributed by atoms with van der Waals surface area (Å²) in [4.78, 5) is 0. The summed E-state index contributed by atoms with van der Waals surface area (Å²) in [7, 11) is 0. The first-order valence-corrected chi connectivity index (χ1v) is 7.29. The predicted molar refractivity (Wildman–Crippen MR) is 85.6 cm³/mol. The van der Waals surface area contributed by atoms with Crippen LogP contribution >= 0.6 is 0 Å². The second-order valence-electron chi connectivity index (χ2n) is 6.93. The van der Waals surface area contributed by atoms with Crippen molar-refractivity contribution in [2.75, 3.05) is 0 Å². The topological polar surface area (TPSA) is 40.5 Å². The lowest BCUT2D eigenvalue weighted by Gasteiger charge is -2.18. The van der Waals surface area contributed by atoms with Gasteiger partial charge in [-0.25, -0.2) is 0 Å². The van der Waals surface area contributed by atoms with E-state index < -0.39 is 11.2 Å². The van der Waals surface area contributed by atoms with Crippen molar-refractivity contribution in [2.24, 2.45) is 0 Å². The molecule has 2 heteroatoms. The van der Waals surface area contributed by atoms with E-state index in [1.54, 1.807) is 0 Å². The molecule has 1 aromatic rings. The fourth-order valence-electron chi connectivity index (χ4n) is 1.96. The predicted octanol–water partition coefficient (Wildman–Crippen LogP) is 3.95. The van der Waals surface area contributed by atoms with Crippen molar-refractivity contribution in [1.82, 2.24) is 0 Å². The van der Waals surface area contributed by atoms with Crippen LogP contribution < -0.4 is 0 Å². The fourth-order valence-corrected chi connectivity index (χ4v) is 1.96. The maximum absolute atomic E-state index is 9.74. The van der Waals surface area contributed by atoms with Crippen LogP contribution in [0.2, 0.25) is 0 Å². The molecular formula is C18H28O2. The first-order valence-electron chi connectivity index (χ1n) is 7.29. The van der Waals surface area contributed by atoms with Crippen LogP contribution in [0.15, 0.2) is 30.8 Å². The van der Waals surface area contributed by atoms with E-state index >= 15 is 0 Å². The summed E-state index contributed by atoms with van der Waals surface area (Å²) in [6.45, 7) is 11.4. The van der Waals surface area contributed by atoms with Crippen LogP contribution in [0.3, 0.4) is 0 Å². The number of hydrogen-bond acceptors (Lipinski definition) is 2. The largest absolute Gasteiger partial charge is 0.390 e. The Labute approximate surface area is 123 Å². The Morgan fingerprint density at radius 2 is 1.45 bits per heavy atom. The van der Waals surface area contributed by atoms with Crippen LogP contribution in [0.1, 0.15) is 58.1 Å². The van der Waals surface area contributed by atoms with Gasteiger partial charge < -0.3 is 10.2 Å². The Balaban J connectivity index is 2.56. The number of aryl methyl sites for hydroxylation is 1. The molecule has 0 atom stereocenters. The number of rotatable bonds is 7. The Kier molecular flexibility index (Phi) is 5.55. The summed E-state index contributed by atoms with van der Waals surface area (Å²) < 4.78 is 0. The van der Waals surface area contributed by atoms with Gasteiger partial charge in [-0.2, -0.15) is 0 Å². The highest BCUT2D eigenvalue weighted by Gasteiger charge is 2.14. The van der Waals surface area contributed by atoms with Gasteiger partial charge in [0.25, 0.3) is 0 Å². The molecule has 0 bridgehead atoms. The van der Waals surface area contributed by atoms with E-state index in [2.05, 4.69) is 30.8 Å². The molecule has 0 fully saturated rings. The van der Waals surface area contributed by atoms with Gasteiger partial charge in [0.05, 0.1) is 11.2 Å². The van der Waals surface area contributed by atoms with Crippen molar-refractivity contribution in [3.8, 4) is 0 Å². The second kappa shape index (κ2) is 6.55. The van der Waals surface area contributed by atoms with E-state index in [0.29, 0.717) is 6.42 Å². The molecule has 20 heavy (non-hydrogen) atoms. The van der Waals surface area contributed by atoms with E-state index in [9.17, 15) is 10.2 Å². The van der Waals surface area contributed by atoms with Crippen molar-refractivity contribution in [3.05, 3.63) is 42.0 Å². The molecule has 0 unspecified atom stereocenters. The van der Waals surface area contributed by atoms with Crippen molar-refractivity contribution >= 4 is 5.57 Å². The van der Waals surface area contributed by atoms with Gasteiger partial charge in [-0.05, 0) is 70.1 Å². The molecule has 112 valence electrons. The van der Waals surface area contributed by atoms with E-state index in [1.165, 1.54) is 5.56 Å². The summed E-state index contributed by atoms with van der Waals surface area (Å²) in [5.41, 5.74) is 2.15. The lowest BCUT2D eigenvalue weighted by atomic mass is 9.94. The first kappa shape index (κ1) is 16.9. The molecule has 0 aromatic heterocycles. The molecule has 0 amide bonds. The van der Waals surface area contributed by atoms with Crippen molar-refractivity contribution in [2.45, 2.75) is 64.6 Å². The van der Waals surface area contributed by atoms with E-state index in [0.717, 1.165) is 30.4 Å². The number of allylic oxidation sites excluding steroid dienone is 1. The van der Waals surface area contributed by atoms with Gasteiger partial charge in [0.1, 0.15) is 0 Å². The third-order valence-corrected chi connectivity index (χ3v) is 3.43. The van der Waals surface area contributed by atoms with E-state index in [-0.39, 0.29) is 0 Å². The zero-order chi connectivity index (χ0) is 15.4. The van der Waals surface area contributed by atoms with Crippen molar-refractivity contribution < 1.29 is 10.2 Å². The summed E-state index contributed by atoms with van der Waals surface area (Å²) >= 11 is 0. The molecule has 2 nitrogen and oxygen atoms in total. The van der Waals surface area contributed by atoms with Crippen LogP contribution in [0, 0.1) is 0 Å². The number of benzene rings is 1. The maximum atomic E-state index is 9.74. The fraction of sp³-hybridized carbons (Fsp3) is 0.556. The van der Waals surface area contributed by atoms with Crippen molar-refractivity contribution in [3.63, 3.8) is 0 Å². The van der Waals surface area contributed by atoms with Gasteiger partial charge in [0, 0.05) is 0 Å². The molecule has 0 radical (unpaired) electrons. The smallest absolute Gasteiger partial charge is 0.0594 e. The quantitative estimate of drug-likeness (QED) is 0.791. The molecule has 2 N–H and O–H groups in total. The summed E-state index contributed by atoms with van der Waals surface area (Å²) in [5.74, 6) is 0. The van der Waals surface area contributed by atoms with Gasteiger partial charge >= 0.3 is 0 Å². The Bertz CT molecular complexity index is 430. The Morgan fingerprint density at radius 3 is 1.90 bits per heavy atom. The normalized spacial score (nSPS) is 12.5. The molecule has 0 saturated heterocycles. The van der Waals surface area contributed by atoms with E-state index in [1.807, 2.05) is 27.7 Å². The zero-order valence-electron chi connectivity index (χ0n) is 13.2. The van der Waals surface area contributed by atoms with Crippen LogP contribution in [0.5, 0.6) is 0 Å². The molecule has 0 saturated carbocycles. The van der Waals surface area contributed by atoms with Gasteiger partial charge in [-0.3, -0.25) is 0 Å². The standard InChI is InChI=1S/C18H28O2/c1-14(10-12-17(2,3)19)16-8-6-15(7-9-16)11-13-18(4,5)20/h6-9,19-20H,1,10-13H2,2-5H3. The molecule has 1 aromatic carbocycles. The highest BCUT2D eigenvalue weighted by atomic mass is 16.3. The average molecular weight is 276 g/mol. The Morgan fingerprint density at radius 1 is 0.950 bits per heavy atom. The monoisotopic (exact) mass is 276 g/mol. The SMILES string of the molecule is C=C(CCC(C)(C)O)c1ccc(CCC(C)(C)O)cc1. The minimum atomic E-state index is -0.643. The summed E-state index contributed by atoms with van der Waals surface area (Å²) in [5, 5.41) is 19.5. The van der Waals surface area contributed by atoms with Crippen LogP contribution in [0.25, 0.3) is 5.57 Å². The molecule has 0 heterocycles. The van der Waals surface area contributed by atoms with Gasteiger partial charge in [0.15, 0.2) is 0 Å². The second-order valence-corrected chi connectivity index (χ2v) is 6.93. The van der Waals surface area contributed by atoms with Gasteiger partial charge in [0.2, 0.25) is 0 Å². The lowest BCUT2D eigenvalue weighted by molar-refractivity contribution is 0.0712. The maximum Gasteiger partial charge on any atom is 0.0594 e. The molecular weight excluding hydrogens is 248 g/mol. The highest BCUT2D eigenvalue weighted by Crippen LogP contribution is 2.23. The van der Waals surface area contributed by atoms with Crippen LogP contribution in [-0.4, -0.2) is 21.4 Å². The summed E-state index contributed by atoms with van der Waals surface area (Å²) in [6.07, 6.45) is 3.14. The van der Waals surface area contributed by atoms with Gasteiger partial charge in [-0.1, -0.05) is 30.8 Å². The van der Waals surface area contributed by atoms with Crippen molar-refractivity contribution in [1.29, 1.82) is 0 Å². The number of aliphatic hydroxyl groups is 2. The molecule has 0 spiro atoms. The average Bonchev–Trinajstić information content (AvgIpc) is 2.32. The highest BCUT2D eigenvalue weighted by molar-refractivity contribution is 5.63. The first-order chi connectivity index (χ1) is 9.07. The van der Waals surface area contributed by atoms with E-state index in [4.69, 9.17) is 0 Å². The minimum Gasteiger partial charge on any atom is -0.390 e. The lowest BCUT2D eigenvalue weighted by Crippen LogP contribution is -2.19. The molecule has 1 rings (SSSR count). The number of hydrogen-bond donors (Lipinski definition) is 2. The Hall–Kier alpha value is -1.12. The minimum absolute atomic E-state index is 0.616. The van der Waals surface area contributed by atoms with Gasteiger partial charge in [-0.15, -0.1) is 0 Å². The molecule has 0 aliphatic heterocycles. The zero-order valence-corrected chi connectivity index (χ0v) is 13.2. The third kappa shape index (κ3) is 6.88. The van der Waals surface area contributed by atoms with Crippen LogP contribution in [0.4, 0.5) is 0 Å². The third-order valence-electron chi connectivity index (χ3n) is 3.43. The molecule has 0 aliphatic carbocycles. The molecule has 0 aliphatic rings. The summed E-state index contributed by atoms with van der Waals surface area (Å²) in [6, 6.07) is 8.34.